The molecule has 0 aliphatic carbocycles. The molecule has 0 amide bonds. The van der Waals surface area contributed by atoms with Crippen LogP contribution in [0.5, 0.6) is 0 Å². The van der Waals surface area contributed by atoms with Crippen LogP contribution in [0.25, 0.3) is 0 Å². The average molecular weight is 158 g/mol. The van der Waals surface area contributed by atoms with Gasteiger partial charge in [0, 0.05) is 12.8 Å². The molecule has 0 spiro atoms. The summed E-state index contributed by atoms with van der Waals surface area (Å²) in [6, 6.07) is 0.0987. The Morgan fingerprint density at radius 2 is 2.55 bits per heavy atom. The first-order chi connectivity index (χ1) is 5.34. The van der Waals surface area contributed by atoms with Crippen molar-refractivity contribution in [3.05, 3.63) is 0 Å². The van der Waals surface area contributed by atoms with Crippen molar-refractivity contribution in [3.8, 4) is 0 Å². The predicted molar refractivity (Wildman–Crippen MR) is 41.1 cm³/mol. The van der Waals surface area contributed by atoms with Crippen LogP contribution >= 0.6 is 0 Å². The van der Waals surface area contributed by atoms with E-state index in [1.165, 1.54) is 0 Å². The summed E-state index contributed by atoms with van der Waals surface area (Å²) in [6.45, 7) is 3.65. The Hall–Kier alpha value is -0.570. The van der Waals surface area contributed by atoms with E-state index in [2.05, 4.69) is 5.32 Å². The van der Waals surface area contributed by atoms with Crippen LogP contribution in [0, 0.1) is 0 Å². The molecule has 64 valence electrons. The first-order valence-corrected chi connectivity index (χ1v) is 4.34. The molecular formula is C8H16NO2+. The molecular weight excluding hydrogens is 142 g/mol. The lowest BCUT2D eigenvalue weighted by molar-refractivity contribution is -0.658. The third-order valence-corrected chi connectivity index (χ3v) is 1.92. The fourth-order valence-electron chi connectivity index (χ4n) is 1.30. The predicted octanol–water partition coefficient (Wildman–Crippen LogP) is -0.335. The molecule has 0 aromatic rings. The second kappa shape index (κ2) is 4.34. The normalized spacial score (nSPS) is 23.5. The molecule has 0 aromatic carbocycles. The van der Waals surface area contributed by atoms with Crippen molar-refractivity contribution in [2.24, 2.45) is 0 Å². The van der Waals surface area contributed by atoms with Crippen LogP contribution in [0.15, 0.2) is 0 Å². The molecule has 0 unspecified atom stereocenters. The van der Waals surface area contributed by atoms with Gasteiger partial charge in [0.25, 0.3) is 0 Å². The summed E-state index contributed by atoms with van der Waals surface area (Å²) in [4.78, 5) is 11.2. The highest BCUT2D eigenvalue weighted by Crippen LogP contribution is 1.99. The lowest BCUT2D eigenvalue weighted by Gasteiger charge is -2.05. The topological polar surface area (TPSA) is 42.9 Å². The quantitative estimate of drug-likeness (QED) is 0.571. The number of quaternary nitrogens is 1. The molecule has 1 aliphatic heterocycles. The number of hydrogen-bond acceptors (Lipinski definition) is 2. The van der Waals surface area contributed by atoms with E-state index in [4.69, 9.17) is 4.74 Å². The summed E-state index contributed by atoms with van der Waals surface area (Å²) in [5.41, 5.74) is 0. The second-order valence-corrected chi connectivity index (χ2v) is 2.94. The maximum Gasteiger partial charge on any atom is 0.364 e. The number of carbonyl (C=O) groups is 1. The fraction of sp³-hybridized carbons (Fsp3) is 0.875. The third-order valence-electron chi connectivity index (χ3n) is 1.92. The first-order valence-electron chi connectivity index (χ1n) is 4.34. The minimum absolute atomic E-state index is 0.0237. The van der Waals surface area contributed by atoms with E-state index in [0.29, 0.717) is 6.61 Å². The number of carbonyl (C=O) groups excluding carboxylic acids is 1. The molecule has 11 heavy (non-hydrogen) atoms. The van der Waals surface area contributed by atoms with Crippen molar-refractivity contribution in [2.45, 2.75) is 32.2 Å². The summed E-state index contributed by atoms with van der Waals surface area (Å²) >= 11 is 0. The number of rotatable bonds is 3. The van der Waals surface area contributed by atoms with Crippen molar-refractivity contribution >= 4 is 5.97 Å². The highest BCUT2D eigenvalue weighted by atomic mass is 16.5. The van der Waals surface area contributed by atoms with Gasteiger partial charge in [0.05, 0.1) is 13.2 Å². The second-order valence-electron chi connectivity index (χ2n) is 2.94. The lowest BCUT2D eigenvalue weighted by atomic mass is 10.2. The minimum Gasteiger partial charge on any atom is -0.461 e. The van der Waals surface area contributed by atoms with Crippen LogP contribution in [0.3, 0.4) is 0 Å². The van der Waals surface area contributed by atoms with Crippen LogP contribution in [0.4, 0.5) is 0 Å². The van der Waals surface area contributed by atoms with Gasteiger partial charge < -0.3 is 10.1 Å². The van der Waals surface area contributed by atoms with Gasteiger partial charge in [-0.3, -0.25) is 0 Å². The average Bonchev–Trinajstić information content (AvgIpc) is 2.52. The highest BCUT2D eigenvalue weighted by Gasteiger charge is 2.27. The number of ether oxygens (including phenoxy) is 1. The molecule has 1 saturated heterocycles. The lowest BCUT2D eigenvalue weighted by Crippen LogP contribution is -2.88. The summed E-state index contributed by atoms with van der Waals surface area (Å²) in [7, 11) is 0. The summed E-state index contributed by atoms with van der Waals surface area (Å²) in [5, 5.41) is 2.07. The zero-order valence-corrected chi connectivity index (χ0v) is 7.01. The Morgan fingerprint density at radius 3 is 3.09 bits per heavy atom. The largest absolute Gasteiger partial charge is 0.461 e. The summed E-state index contributed by atoms with van der Waals surface area (Å²) in [5.74, 6) is -0.0237. The van der Waals surface area contributed by atoms with E-state index < -0.39 is 0 Å². The van der Waals surface area contributed by atoms with Crippen LogP contribution in [-0.2, 0) is 9.53 Å². The van der Waals surface area contributed by atoms with Gasteiger partial charge in [-0.15, -0.1) is 0 Å². The van der Waals surface area contributed by atoms with Gasteiger partial charge in [-0.1, -0.05) is 6.92 Å². The standard InChI is InChI=1S/C8H15NO2/c1-2-6-11-8(10)7-4-3-5-9-7/h7,9H,2-6H2,1H3/p+1/t7-/m0/s1. The Kier molecular flexibility index (Phi) is 3.36. The van der Waals surface area contributed by atoms with Gasteiger partial charge in [0.2, 0.25) is 0 Å². The van der Waals surface area contributed by atoms with Gasteiger partial charge in [0.1, 0.15) is 0 Å². The third kappa shape index (κ3) is 2.50. The molecule has 1 fully saturated rings. The smallest absolute Gasteiger partial charge is 0.364 e. The molecule has 1 rings (SSSR count). The Morgan fingerprint density at radius 1 is 1.73 bits per heavy atom. The van der Waals surface area contributed by atoms with E-state index >= 15 is 0 Å². The van der Waals surface area contributed by atoms with E-state index in [1.54, 1.807) is 0 Å². The van der Waals surface area contributed by atoms with Gasteiger partial charge in [-0.05, 0) is 6.42 Å². The van der Waals surface area contributed by atoms with Crippen molar-refractivity contribution in [2.75, 3.05) is 13.2 Å². The van der Waals surface area contributed by atoms with Crippen LogP contribution in [-0.4, -0.2) is 25.2 Å². The van der Waals surface area contributed by atoms with E-state index in [1.807, 2.05) is 6.92 Å². The van der Waals surface area contributed by atoms with Crippen molar-refractivity contribution in [1.29, 1.82) is 0 Å². The molecule has 1 aliphatic rings. The fourth-order valence-corrected chi connectivity index (χ4v) is 1.30. The highest BCUT2D eigenvalue weighted by molar-refractivity contribution is 5.74. The van der Waals surface area contributed by atoms with E-state index in [-0.39, 0.29) is 12.0 Å². The van der Waals surface area contributed by atoms with Gasteiger partial charge in [-0.2, -0.15) is 0 Å². The molecule has 0 bridgehead atoms. The Labute approximate surface area is 67.1 Å². The zero-order valence-electron chi connectivity index (χ0n) is 7.01. The summed E-state index contributed by atoms with van der Waals surface area (Å²) in [6.07, 6.45) is 3.05. The molecule has 1 atom stereocenters. The molecule has 2 N–H and O–H groups in total. The maximum atomic E-state index is 11.2. The van der Waals surface area contributed by atoms with Crippen molar-refractivity contribution in [1.82, 2.24) is 0 Å². The maximum absolute atomic E-state index is 11.2. The zero-order chi connectivity index (χ0) is 8.10. The molecule has 3 heteroatoms. The van der Waals surface area contributed by atoms with E-state index in [9.17, 15) is 4.79 Å². The van der Waals surface area contributed by atoms with Crippen LogP contribution < -0.4 is 5.32 Å². The molecule has 3 nitrogen and oxygen atoms in total. The number of esters is 1. The molecule has 0 radical (unpaired) electrons. The molecule has 1 heterocycles. The summed E-state index contributed by atoms with van der Waals surface area (Å²) < 4.78 is 5.00. The van der Waals surface area contributed by atoms with Crippen LogP contribution in [0.1, 0.15) is 26.2 Å². The molecule has 0 saturated carbocycles. The minimum atomic E-state index is -0.0237. The van der Waals surface area contributed by atoms with E-state index in [0.717, 1.165) is 25.8 Å². The molecule has 0 aromatic heterocycles. The van der Waals surface area contributed by atoms with Gasteiger partial charge >= 0.3 is 5.97 Å². The number of hydrogen-bond donors (Lipinski definition) is 1. The van der Waals surface area contributed by atoms with Crippen LogP contribution in [0.2, 0.25) is 0 Å². The Bertz CT molecular complexity index is 130. The first kappa shape index (κ1) is 8.53. The van der Waals surface area contributed by atoms with Crippen molar-refractivity contribution in [3.63, 3.8) is 0 Å². The van der Waals surface area contributed by atoms with Crippen molar-refractivity contribution < 1.29 is 14.8 Å². The SMILES string of the molecule is CCCOC(=O)[C@@H]1CCC[NH2+]1. The van der Waals surface area contributed by atoms with Gasteiger partial charge in [-0.25, -0.2) is 4.79 Å². The van der Waals surface area contributed by atoms with Gasteiger partial charge in [0.15, 0.2) is 6.04 Å². The monoisotopic (exact) mass is 158 g/mol. The Balaban J connectivity index is 2.17. The number of nitrogens with two attached hydrogens (primary N) is 1.